The molecule has 0 spiro atoms. The molecule has 0 radical (unpaired) electrons. The first-order valence-corrected chi connectivity index (χ1v) is 10.7. The normalized spacial score (nSPS) is 11.9. The quantitative estimate of drug-likeness (QED) is 0.515. The number of nitrogens with one attached hydrogen (secondary N) is 1. The van der Waals surface area contributed by atoms with Crippen LogP contribution in [0.2, 0.25) is 0 Å². The predicted octanol–water partition coefficient (Wildman–Crippen LogP) is 5.74. The van der Waals surface area contributed by atoms with Crippen molar-refractivity contribution in [2.24, 2.45) is 0 Å². The molecule has 6 heteroatoms. The molecule has 0 saturated heterocycles. The van der Waals surface area contributed by atoms with Gasteiger partial charge in [-0.1, -0.05) is 61.4 Å². The Morgan fingerprint density at radius 1 is 1.14 bits per heavy atom. The summed E-state index contributed by atoms with van der Waals surface area (Å²) in [6.07, 6.45) is 2.86. The number of anilines is 1. The number of hydrogen-bond acceptors (Lipinski definition) is 5. The molecule has 1 atom stereocenters. The van der Waals surface area contributed by atoms with Crippen molar-refractivity contribution in [3.05, 3.63) is 59.2 Å². The van der Waals surface area contributed by atoms with Crippen molar-refractivity contribution in [1.82, 2.24) is 10.2 Å². The molecular formula is C23H27N3O2S. The highest BCUT2D eigenvalue weighted by Gasteiger charge is 2.21. The average Bonchev–Trinajstić information content (AvgIpc) is 3.17. The van der Waals surface area contributed by atoms with Crippen LogP contribution in [0.1, 0.15) is 48.8 Å². The summed E-state index contributed by atoms with van der Waals surface area (Å²) in [7, 11) is 1.68. The monoisotopic (exact) mass is 409 g/mol. The number of carbonyl (C=O) groups excluding carboxylic acids is 1. The smallest absolute Gasteiger partial charge is 0.233 e. The molecule has 1 amide bonds. The molecule has 2 aromatic carbocycles. The first kappa shape index (κ1) is 21.0. The fourth-order valence-electron chi connectivity index (χ4n) is 3.52. The summed E-state index contributed by atoms with van der Waals surface area (Å²) in [5.74, 6) is 0.664. The average molecular weight is 410 g/mol. The molecule has 1 unspecified atom stereocenters. The molecule has 0 saturated carbocycles. The molecule has 0 fully saturated rings. The Morgan fingerprint density at radius 2 is 1.83 bits per heavy atom. The van der Waals surface area contributed by atoms with Gasteiger partial charge in [-0.2, -0.15) is 0 Å². The van der Waals surface area contributed by atoms with Gasteiger partial charge in [-0.3, -0.25) is 10.1 Å². The standard InChI is InChI=1S/C23H27N3O2S/c1-5-6-12-19(17-10-8-7-9-11-17)21(27)24-23-26-25-22(29-23)18-13-15(2)20(28-4)16(3)14-18/h7-11,13-14,19H,5-6,12H2,1-4H3,(H,24,26,27). The molecule has 1 heterocycles. The van der Waals surface area contributed by atoms with E-state index in [-0.39, 0.29) is 11.8 Å². The minimum absolute atomic E-state index is 0.0329. The van der Waals surface area contributed by atoms with E-state index < -0.39 is 0 Å². The molecule has 1 aromatic heterocycles. The molecule has 0 aliphatic rings. The van der Waals surface area contributed by atoms with Crippen molar-refractivity contribution in [3.8, 4) is 16.3 Å². The topological polar surface area (TPSA) is 64.1 Å². The Kier molecular flexibility index (Phi) is 6.99. The molecule has 3 rings (SSSR count). The highest BCUT2D eigenvalue weighted by atomic mass is 32.1. The van der Waals surface area contributed by atoms with Crippen molar-refractivity contribution in [2.75, 3.05) is 12.4 Å². The lowest BCUT2D eigenvalue weighted by atomic mass is 9.93. The van der Waals surface area contributed by atoms with Gasteiger partial charge in [0, 0.05) is 5.56 Å². The van der Waals surface area contributed by atoms with Crippen LogP contribution in [0.25, 0.3) is 10.6 Å². The minimum atomic E-state index is -0.186. The van der Waals surface area contributed by atoms with Crippen LogP contribution in [0.3, 0.4) is 0 Å². The maximum Gasteiger partial charge on any atom is 0.233 e. The first-order valence-electron chi connectivity index (χ1n) is 9.88. The van der Waals surface area contributed by atoms with Gasteiger partial charge in [-0.25, -0.2) is 0 Å². The number of amides is 1. The number of nitrogens with zero attached hydrogens (tertiary/aromatic N) is 2. The van der Waals surface area contributed by atoms with Gasteiger partial charge in [0.2, 0.25) is 11.0 Å². The van der Waals surface area contributed by atoms with E-state index in [2.05, 4.69) is 22.4 Å². The van der Waals surface area contributed by atoms with Gasteiger partial charge in [0.25, 0.3) is 0 Å². The number of benzene rings is 2. The molecule has 29 heavy (non-hydrogen) atoms. The molecule has 152 valence electrons. The fourth-order valence-corrected chi connectivity index (χ4v) is 4.26. The summed E-state index contributed by atoms with van der Waals surface area (Å²) in [5.41, 5.74) is 4.10. The second-order valence-electron chi connectivity index (χ2n) is 7.15. The first-order chi connectivity index (χ1) is 14.0. The number of aryl methyl sites for hydroxylation is 2. The summed E-state index contributed by atoms with van der Waals surface area (Å²) in [5, 5.41) is 12.8. The minimum Gasteiger partial charge on any atom is -0.496 e. The lowest BCUT2D eigenvalue weighted by molar-refractivity contribution is -0.117. The van der Waals surface area contributed by atoms with Crippen molar-refractivity contribution in [2.45, 2.75) is 46.0 Å². The highest BCUT2D eigenvalue weighted by molar-refractivity contribution is 7.18. The largest absolute Gasteiger partial charge is 0.496 e. The van der Waals surface area contributed by atoms with Gasteiger partial charge in [0.15, 0.2) is 0 Å². The second kappa shape index (κ2) is 9.65. The summed E-state index contributed by atoms with van der Waals surface area (Å²) in [6, 6.07) is 14.0. The number of ether oxygens (including phenoxy) is 1. The number of methoxy groups -OCH3 is 1. The van der Waals surface area contributed by atoms with Gasteiger partial charge in [0.1, 0.15) is 10.8 Å². The van der Waals surface area contributed by atoms with Crippen LogP contribution >= 0.6 is 11.3 Å². The van der Waals surface area contributed by atoms with Gasteiger partial charge >= 0.3 is 0 Å². The van der Waals surface area contributed by atoms with E-state index in [9.17, 15) is 4.79 Å². The SMILES string of the molecule is CCCCC(C(=O)Nc1nnc(-c2cc(C)c(OC)c(C)c2)s1)c1ccccc1. The van der Waals surface area contributed by atoms with Gasteiger partial charge in [0.05, 0.1) is 13.0 Å². The summed E-state index contributed by atoms with van der Waals surface area (Å²) in [4.78, 5) is 13.0. The van der Waals surface area contributed by atoms with Crippen molar-refractivity contribution >= 4 is 22.4 Å². The Bertz CT molecular complexity index is 946. The number of rotatable bonds is 8. The molecule has 0 bridgehead atoms. The zero-order valence-corrected chi connectivity index (χ0v) is 18.2. The maximum atomic E-state index is 13.0. The molecule has 5 nitrogen and oxygen atoms in total. The molecular weight excluding hydrogens is 382 g/mol. The van der Waals surface area contributed by atoms with Crippen molar-refractivity contribution in [3.63, 3.8) is 0 Å². The summed E-state index contributed by atoms with van der Waals surface area (Å²) < 4.78 is 5.44. The van der Waals surface area contributed by atoms with Gasteiger partial charge in [-0.15, -0.1) is 10.2 Å². The third-order valence-electron chi connectivity index (χ3n) is 4.93. The lowest BCUT2D eigenvalue weighted by Gasteiger charge is -2.15. The van der Waals surface area contributed by atoms with E-state index in [4.69, 9.17) is 4.74 Å². The zero-order valence-electron chi connectivity index (χ0n) is 17.4. The Balaban J connectivity index is 1.79. The van der Waals surface area contributed by atoms with Crippen LogP contribution in [0.4, 0.5) is 5.13 Å². The molecule has 1 N–H and O–H groups in total. The number of hydrogen-bond donors (Lipinski definition) is 1. The Morgan fingerprint density at radius 3 is 2.45 bits per heavy atom. The van der Waals surface area contributed by atoms with Crippen LogP contribution in [-0.2, 0) is 4.79 Å². The van der Waals surface area contributed by atoms with E-state index in [0.29, 0.717) is 5.13 Å². The predicted molar refractivity (Wildman–Crippen MR) is 119 cm³/mol. The third-order valence-corrected chi connectivity index (χ3v) is 5.82. The highest BCUT2D eigenvalue weighted by Crippen LogP contribution is 2.33. The Labute approximate surface area is 176 Å². The third kappa shape index (κ3) is 5.01. The molecule has 0 aliphatic heterocycles. The van der Waals surface area contributed by atoms with E-state index in [1.807, 2.05) is 56.3 Å². The van der Waals surface area contributed by atoms with E-state index >= 15 is 0 Å². The van der Waals surface area contributed by atoms with Crippen LogP contribution in [0.5, 0.6) is 5.75 Å². The number of aromatic nitrogens is 2. The summed E-state index contributed by atoms with van der Waals surface area (Å²) >= 11 is 1.39. The van der Waals surface area contributed by atoms with E-state index in [0.717, 1.165) is 52.3 Å². The number of unbranched alkanes of at least 4 members (excludes halogenated alkanes) is 1. The van der Waals surface area contributed by atoms with Crippen molar-refractivity contribution < 1.29 is 9.53 Å². The maximum absolute atomic E-state index is 13.0. The molecule has 3 aromatic rings. The van der Waals surface area contributed by atoms with Gasteiger partial charge < -0.3 is 4.74 Å². The second-order valence-corrected chi connectivity index (χ2v) is 8.13. The van der Waals surface area contributed by atoms with Crippen molar-refractivity contribution in [1.29, 1.82) is 0 Å². The molecule has 0 aliphatic carbocycles. The Hall–Kier alpha value is -2.73. The van der Waals surface area contributed by atoms with Gasteiger partial charge in [-0.05, 0) is 49.1 Å². The lowest BCUT2D eigenvalue weighted by Crippen LogP contribution is -2.21. The summed E-state index contributed by atoms with van der Waals surface area (Å²) in [6.45, 7) is 6.16. The fraction of sp³-hybridized carbons (Fsp3) is 0.348. The van der Waals surface area contributed by atoms with Crippen LogP contribution < -0.4 is 10.1 Å². The van der Waals surface area contributed by atoms with Crippen LogP contribution in [0, 0.1) is 13.8 Å². The van der Waals surface area contributed by atoms with Crippen LogP contribution in [0.15, 0.2) is 42.5 Å². The van der Waals surface area contributed by atoms with E-state index in [1.165, 1.54) is 11.3 Å². The zero-order chi connectivity index (χ0) is 20.8. The van der Waals surface area contributed by atoms with E-state index in [1.54, 1.807) is 7.11 Å². The van der Waals surface area contributed by atoms with Crippen LogP contribution in [-0.4, -0.2) is 23.2 Å². The number of carbonyl (C=O) groups is 1.